The molecule has 2 aromatic carbocycles. The Morgan fingerprint density at radius 3 is 2.75 bits per heavy atom. The second-order valence-electron chi connectivity index (χ2n) is 4.38. The summed E-state index contributed by atoms with van der Waals surface area (Å²) >= 11 is 0. The monoisotopic (exact) mass is 270 g/mol. The molecule has 0 aliphatic heterocycles. The first-order chi connectivity index (χ1) is 9.69. The van der Waals surface area contributed by atoms with Gasteiger partial charge in [0.25, 0.3) is 0 Å². The van der Waals surface area contributed by atoms with Gasteiger partial charge < -0.3 is 15.8 Å². The lowest BCUT2D eigenvalue weighted by molar-refractivity contribution is 0.100. The molecule has 0 heterocycles. The van der Waals surface area contributed by atoms with Crippen molar-refractivity contribution in [2.24, 2.45) is 5.73 Å². The van der Waals surface area contributed by atoms with Crippen LogP contribution in [-0.2, 0) is 6.54 Å². The maximum Gasteiger partial charge on any atom is 0.248 e. The third kappa shape index (κ3) is 3.75. The van der Waals surface area contributed by atoms with Gasteiger partial charge in [0.15, 0.2) is 0 Å². The van der Waals surface area contributed by atoms with Gasteiger partial charge in [-0.15, -0.1) is 0 Å². The molecule has 4 heteroatoms. The summed E-state index contributed by atoms with van der Waals surface area (Å²) in [6.45, 7) is 3.26. The lowest BCUT2D eigenvalue weighted by Gasteiger charge is -2.09. The number of hydrogen-bond acceptors (Lipinski definition) is 3. The van der Waals surface area contributed by atoms with Crippen LogP contribution in [0.2, 0.25) is 0 Å². The number of nitrogens with one attached hydrogen (secondary N) is 1. The Hall–Kier alpha value is -2.49. The van der Waals surface area contributed by atoms with E-state index < -0.39 is 5.91 Å². The van der Waals surface area contributed by atoms with Crippen LogP contribution in [0.4, 0.5) is 5.69 Å². The zero-order valence-corrected chi connectivity index (χ0v) is 11.4. The van der Waals surface area contributed by atoms with Crippen LogP contribution in [0.1, 0.15) is 22.8 Å². The first-order valence-electron chi connectivity index (χ1n) is 6.54. The molecular weight excluding hydrogens is 252 g/mol. The first kappa shape index (κ1) is 13.9. The summed E-state index contributed by atoms with van der Waals surface area (Å²) < 4.78 is 5.46. The van der Waals surface area contributed by atoms with Crippen molar-refractivity contribution < 1.29 is 9.53 Å². The molecule has 20 heavy (non-hydrogen) atoms. The molecule has 0 bridgehead atoms. The number of amides is 1. The minimum atomic E-state index is -0.424. The molecule has 3 N–H and O–H groups in total. The number of benzene rings is 2. The molecule has 104 valence electrons. The summed E-state index contributed by atoms with van der Waals surface area (Å²) in [7, 11) is 0. The highest BCUT2D eigenvalue weighted by Crippen LogP contribution is 2.16. The molecule has 0 saturated heterocycles. The van der Waals surface area contributed by atoms with Gasteiger partial charge >= 0.3 is 0 Å². The second-order valence-corrected chi connectivity index (χ2v) is 4.38. The Bertz CT molecular complexity index is 597. The van der Waals surface area contributed by atoms with Gasteiger partial charge in [-0.1, -0.05) is 18.2 Å². The van der Waals surface area contributed by atoms with Crippen LogP contribution in [0.3, 0.4) is 0 Å². The predicted molar refractivity (Wildman–Crippen MR) is 79.9 cm³/mol. The van der Waals surface area contributed by atoms with E-state index in [1.165, 1.54) is 0 Å². The highest BCUT2D eigenvalue weighted by atomic mass is 16.5. The van der Waals surface area contributed by atoms with Crippen molar-refractivity contribution in [1.29, 1.82) is 0 Å². The van der Waals surface area contributed by atoms with Gasteiger partial charge in [-0.05, 0) is 42.8 Å². The fourth-order valence-electron chi connectivity index (χ4n) is 1.90. The van der Waals surface area contributed by atoms with Gasteiger partial charge in [0.2, 0.25) is 5.91 Å². The number of rotatable bonds is 6. The number of nitrogens with two attached hydrogens (primary N) is 1. The van der Waals surface area contributed by atoms with E-state index >= 15 is 0 Å². The Morgan fingerprint density at radius 1 is 1.20 bits per heavy atom. The van der Waals surface area contributed by atoms with E-state index in [4.69, 9.17) is 10.5 Å². The molecular formula is C16H18N2O2. The van der Waals surface area contributed by atoms with E-state index in [-0.39, 0.29) is 0 Å². The van der Waals surface area contributed by atoms with Gasteiger partial charge in [-0.3, -0.25) is 4.79 Å². The van der Waals surface area contributed by atoms with Crippen molar-refractivity contribution in [2.45, 2.75) is 13.5 Å². The summed E-state index contributed by atoms with van der Waals surface area (Å²) in [6, 6.07) is 15.1. The second kappa shape index (κ2) is 6.61. The summed E-state index contributed by atoms with van der Waals surface area (Å²) in [5, 5.41) is 3.26. The normalized spacial score (nSPS) is 10.1. The van der Waals surface area contributed by atoms with E-state index in [9.17, 15) is 4.79 Å². The molecule has 4 nitrogen and oxygen atoms in total. The molecule has 0 aromatic heterocycles. The van der Waals surface area contributed by atoms with Crippen LogP contribution in [0.15, 0.2) is 48.5 Å². The molecule has 0 radical (unpaired) electrons. The topological polar surface area (TPSA) is 64.3 Å². The maximum absolute atomic E-state index is 11.1. The van der Waals surface area contributed by atoms with E-state index in [2.05, 4.69) is 5.32 Å². The molecule has 0 unspecified atom stereocenters. The summed E-state index contributed by atoms with van der Waals surface area (Å²) in [6.07, 6.45) is 0. The molecule has 0 aliphatic rings. The molecule has 0 fully saturated rings. The average Bonchev–Trinajstić information content (AvgIpc) is 2.46. The van der Waals surface area contributed by atoms with Crippen molar-refractivity contribution in [3.8, 4) is 5.75 Å². The minimum Gasteiger partial charge on any atom is -0.494 e. The number of primary amides is 1. The standard InChI is InChI=1S/C16H18N2O2/c1-2-20-15-8-3-5-12(9-15)11-18-14-7-4-6-13(10-14)16(17)19/h3-10,18H,2,11H2,1H3,(H2,17,19). The zero-order chi connectivity index (χ0) is 14.4. The van der Waals surface area contributed by atoms with E-state index in [0.29, 0.717) is 18.7 Å². The Kier molecular flexibility index (Phi) is 4.60. The van der Waals surface area contributed by atoms with Gasteiger partial charge in [0.1, 0.15) is 5.75 Å². The molecule has 0 aliphatic carbocycles. The van der Waals surface area contributed by atoms with Crippen molar-refractivity contribution in [1.82, 2.24) is 0 Å². The number of hydrogen-bond donors (Lipinski definition) is 2. The Labute approximate surface area is 118 Å². The third-order valence-corrected chi connectivity index (χ3v) is 2.85. The first-order valence-corrected chi connectivity index (χ1v) is 6.54. The van der Waals surface area contributed by atoms with Crippen molar-refractivity contribution >= 4 is 11.6 Å². The van der Waals surface area contributed by atoms with Crippen LogP contribution in [0.25, 0.3) is 0 Å². The fourth-order valence-corrected chi connectivity index (χ4v) is 1.90. The molecule has 1 amide bonds. The lowest BCUT2D eigenvalue weighted by atomic mass is 10.1. The summed E-state index contributed by atoms with van der Waals surface area (Å²) in [4.78, 5) is 11.1. The predicted octanol–water partition coefficient (Wildman–Crippen LogP) is 2.80. The van der Waals surface area contributed by atoms with E-state index in [1.54, 1.807) is 18.2 Å². The van der Waals surface area contributed by atoms with Gasteiger partial charge in [0.05, 0.1) is 6.61 Å². The highest BCUT2D eigenvalue weighted by Gasteiger charge is 2.01. The summed E-state index contributed by atoms with van der Waals surface area (Å²) in [5.41, 5.74) is 7.73. The van der Waals surface area contributed by atoms with Gasteiger partial charge in [0, 0.05) is 17.8 Å². The third-order valence-electron chi connectivity index (χ3n) is 2.85. The van der Waals surface area contributed by atoms with Crippen molar-refractivity contribution in [3.05, 3.63) is 59.7 Å². The number of ether oxygens (including phenoxy) is 1. The Morgan fingerprint density at radius 2 is 2.00 bits per heavy atom. The largest absolute Gasteiger partial charge is 0.494 e. The smallest absolute Gasteiger partial charge is 0.248 e. The van der Waals surface area contributed by atoms with Crippen molar-refractivity contribution in [2.75, 3.05) is 11.9 Å². The minimum absolute atomic E-state index is 0.424. The van der Waals surface area contributed by atoms with E-state index in [1.807, 2.05) is 37.3 Å². The molecule has 0 atom stereocenters. The van der Waals surface area contributed by atoms with Crippen LogP contribution in [-0.4, -0.2) is 12.5 Å². The van der Waals surface area contributed by atoms with Crippen molar-refractivity contribution in [3.63, 3.8) is 0 Å². The van der Waals surface area contributed by atoms with Crippen LogP contribution in [0, 0.1) is 0 Å². The molecule has 2 aromatic rings. The van der Waals surface area contributed by atoms with Gasteiger partial charge in [-0.2, -0.15) is 0 Å². The Balaban J connectivity index is 2.03. The number of carbonyl (C=O) groups is 1. The lowest BCUT2D eigenvalue weighted by Crippen LogP contribution is -2.11. The molecule has 0 saturated carbocycles. The van der Waals surface area contributed by atoms with Crippen LogP contribution in [0.5, 0.6) is 5.75 Å². The van der Waals surface area contributed by atoms with E-state index in [0.717, 1.165) is 17.0 Å². The SMILES string of the molecule is CCOc1cccc(CNc2cccc(C(N)=O)c2)c1. The molecule has 0 spiro atoms. The fraction of sp³-hybridized carbons (Fsp3) is 0.188. The summed E-state index contributed by atoms with van der Waals surface area (Å²) in [5.74, 6) is 0.435. The number of anilines is 1. The quantitative estimate of drug-likeness (QED) is 0.848. The maximum atomic E-state index is 11.1. The number of carbonyl (C=O) groups excluding carboxylic acids is 1. The zero-order valence-electron chi connectivity index (χ0n) is 11.4. The molecule has 2 rings (SSSR count). The average molecular weight is 270 g/mol. The highest BCUT2D eigenvalue weighted by molar-refractivity contribution is 5.93. The van der Waals surface area contributed by atoms with Crippen LogP contribution >= 0.6 is 0 Å². The van der Waals surface area contributed by atoms with Gasteiger partial charge in [-0.25, -0.2) is 0 Å². The van der Waals surface area contributed by atoms with Crippen LogP contribution < -0.4 is 15.8 Å².